The fourth-order valence-electron chi connectivity index (χ4n) is 4.19. The molecule has 2 atom stereocenters. The summed E-state index contributed by atoms with van der Waals surface area (Å²) in [6.07, 6.45) is 2.93. The number of anilines is 1. The zero-order valence-corrected chi connectivity index (χ0v) is 14.2. The lowest BCUT2D eigenvalue weighted by molar-refractivity contribution is 0.0694. The van der Waals surface area contributed by atoms with Crippen LogP contribution in [-0.4, -0.2) is 41.8 Å². The number of pyridine rings is 1. The minimum Gasteiger partial charge on any atom is -0.477 e. The van der Waals surface area contributed by atoms with Crippen molar-refractivity contribution < 1.29 is 14.3 Å². The Hall–Kier alpha value is -2.41. The maximum absolute atomic E-state index is 15.0. The maximum Gasteiger partial charge on any atom is 0.341 e. The Morgan fingerprint density at radius 1 is 1.44 bits per heavy atom. The number of aromatic carboxylic acids is 1. The molecule has 1 fully saturated rings. The monoisotopic (exact) mass is 345 g/mol. The Kier molecular flexibility index (Phi) is 3.57. The van der Waals surface area contributed by atoms with E-state index in [1.807, 2.05) is 23.4 Å². The van der Waals surface area contributed by atoms with Crippen molar-refractivity contribution in [2.45, 2.75) is 31.8 Å². The number of aromatic nitrogens is 1. The normalized spacial score (nSPS) is 22.1. The van der Waals surface area contributed by atoms with Crippen LogP contribution in [0.4, 0.5) is 10.1 Å². The van der Waals surface area contributed by atoms with Crippen LogP contribution in [0.5, 0.6) is 0 Å². The lowest BCUT2D eigenvalue weighted by Gasteiger charge is -2.22. The molecule has 0 radical (unpaired) electrons. The number of rotatable bonds is 3. The van der Waals surface area contributed by atoms with Gasteiger partial charge in [-0.1, -0.05) is 0 Å². The van der Waals surface area contributed by atoms with Gasteiger partial charge < -0.3 is 19.9 Å². The first kappa shape index (κ1) is 16.1. The van der Waals surface area contributed by atoms with Crippen molar-refractivity contribution in [3.05, 3.63) is 39.4 Å². The largest absolute Gasteiger partial charge is 0.477 e. The van der Waals surface area contributed by atoms with Gasteiger partial charge in [0.25, 0.3) is 0 Å². The minimum absolute atomic E-state index is 0.0144. The maximum atomic E-state index is 15.0. The van der Waals surface area contributed by atoms with E-state index < -0.39 is 17.2 Å². The van der Waals surface area contributed by atoms with Gasteiger partial charge in [0.2, 0.25) is 5.43 Å². The molecule has 2 aliphatic heterocycles. The Morgan fingerprint density at radius 3 is 2.84 bits per heavy atom. The van der Waals surface area contributed by atoms with Crippen LogP contribution in [0, 0.1) is 5.82 Å². The molecule has 2 unspecified atom stereocenters. The molecule has 2 aromatic rings. The average molecular weight is 345 g/mol. The van der Waals surface area contributed by atoms with Crippen molar-refractivity contribution in [2.75, 3.05) is 25.0 Å². The number of halogens is 1. The third-order valence-electron chi connectivity index (χ3n) is 5.46. The molecule has 132 valence electrons. The highest BCUT2D eigenvalue weighted by Crippen LogP contribution is 2.40. The van der Waals surface area contributed by atoms with E-state index in [1.54, 1.807) is 0 Å². The van der Waals surface area contributed by atoms with Gasteiger partial charge in [-0.05, 0) is 32.9 Å². The van der Waals surface area contributed by atoms with Gasteiger partial charge in [0.1, 0.15) is 11.4 Å². The number of carboxylic acid groups (broad SMARTS) is 1. The van der Waals surface area contributed by atoms with Crippen LogP contribution < -0.4 is 15.6 Å². The van der Waals surface area contributed by atoms with Gasteiger partial charge in [0.15, 0.2) is 0 Å². The summed E-state index contributed by atoms with van der Waals surface area (Å²) >= 11 is 0. The molecule has 0 spiro atoms. The van der Waals surface area contributed by atoms with Crippen molar-refractivity contribution >= 4 is 22.6 Å². The van der Waals surface area contributed by atoms with Crippen LogP contribution in [0.15, 0.2) is 17.1 Å². The van der Waals surface area contributed by atoms with E-state index in [9.17, 15) is 19.1 Å². The molecule has 4 rings (SSSR count). The molecule has 1 saturated heterocycles. The van der Waals surface area contributed by atoms with Crippen molar-refractivity contribution in [3.63, 3.8) is 0 Å². The standard InChI is InChI=1S/C18H20FN3O3/c1-9-5-11-15-12(17(23)13(18(24)25)8-22(9)15)6-14(19)16(11)21-4-3-10(7-21)20-2/h6,8-10,20H,3-5,7H2,1-2H3,(H,24,25). The summed E-state index contributed by atoms with van der Waals surface area (Å²) in [6, 6.07) is 1.52. The molecular formula is C18H20FN3O3. The Bertz CT molecular complexity index is 953. The van der Waals surface area contributed by atoms with E-state index in [0.717, 1.165) is 25.1 Å². The van der Waals surface area contributed by atoms with Crippen LogP contribution in [0.3, 0.4) is 0 Å². The highest BCUT2D eigenvalue weighted by Gasteiger charge is 2.32. The average Bonchev–Trinajstić information content (AvgIpc) is 3.15. The molecule has 25 heavy (non-hydrogen) atoms. The van der Waals surface area contributed by atoms with E-state index >= 15 is 0 Å². The second kappa shape index (κ2) is 5.56. The number of carbonyl (C=O) groups is 1. The topological polar surface area (TPSA) is 74.6 Å². The summed E-state index contributed by atoms with van der Waals surface area (Å²) in [7, 11) is 1.90. The molecule has 0 saturated carbocycles. The summed E-state index contributed by atoms with van der Waals surface area (Å²) < 4.78 is 16.8. The zero-order valence-electron chi connectivity index (χ0n) is 14.2. The molecule has 0 aliphatic carbocycles. The first-order valence-corrected chi connectivity index (χ1v) is 8.48. The molecule has 1 aromatic carbocycles. The van der Waals surface area contributed by atoms with Crippen molar-refractivity contribution in [2.24, 2.45) is 0 Å². The third kappa shape index (κ3) is 2.26. The molecule has 1 aromatic heterocycles. The fraction of sp³-hybridized carbons (Fsp3) is 0.444. The van der Waals surface area contributed by atoms with E-state index in [4.69, 9.17) is 0 Å². The third-order valence-corrected chi connectivity index (χ3v) is 5.46. The van der Waals surface area contributed by atoms with Gasteiger partial charge in [-0.15, -0.1) is 0 Å². The quantitative estimate of drug-likeness (QED) is 0.887. The smallest absolute Gasteiger partial charge is 0.341 e. The van der Waals surface area contributed by atoms with Crippen LogP contribution >= 0.6 is 0 Å². The van der Waals surface area contributed by atoms with Crippen LogP contribution in [0.25, 0.3) is 10.9 Å². The molecule has 3 heterocycles. The first-order chi connectivity index (χ1) is 11.9. The number of nitrogens with one attached hydrogen (secondary N) is 1. The molecule has 2 N–H and O–H groups in total. The van der Waals surface area contributed by atoms with Gasteiger partial charge in [-0.2, -0.15) is 0 Å². The van der Waals surface area contributed by atoms with Gasteiger partial charge >= 0.3 is 5.97 Å². The summed E-state index contributed by atoms with van der Waals surface area (Å²) in [6.45, 7) is 3.43. The van der Waals surface area contributed by atoms with Crippen molar-refractivity contribution in [1.29, 1.82) is 0 Å². The molecule has 2 aliphatic rings. The number of nitrogens with zero attached hydrogens (tertiary/aromatic N) is 2. The molecule has 0 bridgehead atoms. The molecular weight excluding hydrogens is 325 g/mol. The Morgan fingerprint density at radius 2 is 2.20 bits per heavy atom. The number of likely N-dealkylation sites (N-methyl/N-ethyl adjacent to an activating group) is 1. The summed E-state index contributed by atoms with van der Waals surface area (Å²) in [5.41, 5.74) is 1.12. The van der Waals surface area contributed by atoms with Gasteiger partial charge in [-0.3, -0.25) is 4.79 Å². The van der Waals surface area contributed by atoms with Crippen molar-refractivity contribution in [1.82, 2.24) is 9.88 Å². The number of carboxylic acids is 1. The molecule has 0 amide bonds. The summed E-state index contributed by atoms with van der Waals surface area (Å²) in [4.78, 5) is 25.9. The lowest BCUT2D eigenvalue weighted by atomic mass is 10.0. The molecule has 6 nitrogen and oxygen atoms in total. The highest BCUT2D eigenvalue weighted by molar-refractivity contribution is 5.96. The summed E-state index contributed by atoms with van der Waals surface area (Å²) in [5, 5.41) is 12.7. The van der Waals surface area contributed by atoms with Crippen molar-refractivity contribution in [3.8, 4) is 0 Å². The van der Waals surface area contributed by atoms with Crippen LogP contribution in [0.1, 0.15) is 35.3 Å². The van der Waals surface area contributed by atoms with Gasteiger partial charge in [0.05, 0.1) is 11.2 Å². The Labute approximate surface area is 143 Å². The second-order valence-corrected chi connectivity index (χ2v) is 6.94. The SMILES string of the molecule is CNC1CCN(c2c(F)cc3c(=O)c(C(=O)O)cn4c3c2CC4C)C1. The predicted octanol–water partition coefficient (Wildman–Crippen LogP) is 1.75. The Balaban J connectivity index is 1.98. The predicted molar refractivity (Wildman–Crippen MR) is 93.2 cm³/mol. The number of benzene rings is 1. The van der Waals surface area contributed by atoms with E-state index in [1.165, 1.54) is 12.3 Å². The van der Waals surface area contributed by atoms with E-state index in [-0.39, 0.29) is 17.0 Å². The van der Waals surface area contributed by atoms with Gasteiger partial charge in [-0.25, -0.2) is 9.18 Å². The first-order valence-electron chi connectivity index (χ1n) is 8.48. The lowest BCUT2D eigenvalue weighted by Crippen LogP contribution is -2.30. The van der Waals surface area contributed by atoms with Crippen LogP contribution in [0.2, 0.25) is 0 Å². The zero-order chi connectivity index (χ0) is 17.9. The summed E-state index contributed by atoms with van der Waals surface area (Å²) in [5.74, 6) is -1.73. The second-order valence-electron chi connectivity index (χ2n) is 6.94. The number of hydrogen-bond donors (Lipinski definition) is 2. The highest BCUT2D eigenvalue weighted by atomic mass is 19.1. The van der Waals surface area contributed by atoms with Gasteiger partial charge in [0, 0.05) is 42.3 Å². The molecule has 7 heteroatoms. The fourth-order valence-corrected chi connectivity index (χ4v) is 4.19. The van der Waals surface area contributed by atoms with Crippen LogP contribution in [-0.2, 0) is 6.42 Å². The number of hydrogen-bond acceptors (Lipinski definition) is 4. The minimum atomic E-state index is -1.28. The van der Waals surface area contributed by atoms with E-state index in [2.05, 4.69) is 5.32 Å². The van der Waals surface area contributed by atoms with E-state index in [0.29, 0.717) is 23.7 Å².